The van der Waals surface area contributed by atoms with E-state index < -0.39 is 0 Å². The number of amides is 2. The van der Waals surface area contributed by atoms with Crippen LogP contribution in [-0.2, 0) is 19.1 Å². The van der Waals surface area contributed by atoms with Gasteiger partial charge in [0.15, 0.2) is 0 Å². The maximum Gasteiger partial charge on any atom is 0.223 e. The Morgan fingerprint density at radius 2 is 1.58 bits per heavy atom. The Kier molecular flexibility index (Phi) is 10.00. The van der Waals surface area contributed by atoms with E-state index in [2.05, 4.69) is 10.6 Å². The van der Waals surface area contributed by atoms with Crippen LogP contribution in [-0.4, -0.2) is 51.3 Å². The van der Waals surface area contributed by atoms with Crippen LogP contribution in [0.15, 0.2) is 0 Å². The standard InChI is InChI=1S/C20H36N2O4/c1-16(23)21-10-12-25-14-15-26-13-11-22-20(24)19(18-8-9-18)5-3-2-4-17-6-7-17/h17-19H,2-15H2,1H3,(H,21,23)(H,22,24). The molecule has 2 amide bonds. The zero-order chi connectivity index (χ0) is 18.6. The minimum absolute atomic E-state index is 0.0481. The predicted octanol–water partition coefficient (Wildman–Crippen LogP) is 2.27. The summed E-state index contributed by atoms with van der Waals surface area (Å²) in [5, 5.41) is 5.71. The van der Waals surface area contributed by atoms with Gasteiger partial charge in [-0.2, -0.15) is 0 Å². The second-order valence-corrected chi connectivity index (χ2v) is 7.67. The molecule has 150 valence electrons. The van der Waals surface area contributed by atoms with Gasteiger partial charge in [-0.05, 0) is 31.1 Å². The molecule has 2 aliphatic carbocycles. The monoisotopic (exact) mass is 368 g/mol. The molecule has 1 atom stereocenters. The average molecular weight is 369 g/mol. The van der Waals surface area contributed by atoms with E-state index >= 15 is 0 Å². The van der Waals surface area contributed by atoms with E-state index in [0.717, 1.165) is 12.3 Å². The molecule has 2 saturated carbocycles. The first-order valence-electron chi connectivity index (χ1n) is 10.3. The molecule has 2 rings (SSSR count). The van der Waals surface area contributed by atoms with E-state index in [4.69, 9.17) is 9.47 Å². The van der Waals surface area contributed by atoms with E-state index in [9.17, 15) is 9.59 Å². The lowest BCUT2D eigenvalue weighted by atomic mass is 9.95. The van der Waals surface area contributed by atoms with Crippen molar-refractivity contribution < 1.29 is 19.1 Å². The van der Waals surface area contributed by atoms with Crippen molar-refractivity contribution in [1.29, 1.82) is 0 Å². The Hall–Kier alpha value is -1.14. The van der Waals surface area contributed by atoms with E-state index in [1.807, 2.05) is 0 Å². The molecule has 26 heavy (non-hydrogen) atoms. The van der Waals surface area contributed by atoms with Crippen molar-refractivity contribution in [2.45, 2.75) is 58.3 Å². The van der Waals surface area contributed by atoms with Crippen molar-refractivity contribution in [2.24, 2.45) is 17.8 Å². The van der Waals surface area contributed by atoms with Gasteiger partial charge in [-0.25, -0.2) is 0 Å². The SMILES string of the molecule is CC(=O)NCCOCCOCCNC(=O)C(CCCCC1CC1)C1CC1. The zero-order valence-electron chi connectivity index (χ0n) is 16.3. The first-order chi connectivity index (χ1) is 12.7. The summed E-state index contributed by atoms with van der Waals surface area (Å²) in [6, 6.07) is 0. The molecule has 0 aliphatic heterocycles. The summed E-state index contributed by atoms with van der Waals surface area (Å²) in [5.74, 6) is 2.00. The molecule has 2 N–H and O–H groups in total. The van der Waals surface area contributed by atoms with Gasteiger partial charge in [0.2, 0.25) is 11.8 Å². The molecule has 2 fully saturated rings. The normalized spacial score (nSPS) is 17.7. The number of hydrogen-bond acceptors (Lipinski definition) is 4. The lowest BCUT2D eigenvalue weighted by Crippen LogP contribution is -2.34. The number of ether oxygens (including phenoxy) is 2. The molecular formula is C20H36N2O4. The van der Waals surface area contributed by atoms with E-state index in [-0.39, 0.29) is 17.7 Å². The number of carbonyl (C=O) groups is 2. The van der Waals surface area contributed by atoms with Gasteiger partial charge in [0, 0.05) is 25.9 Å². The van der Waals surface area contributed by atoms with Crippen molar-refractivity contribution >= 4 is 11.8 Å². The van der Waals surface area contributed by atoms with Crippen LogP contribution in [0.4, 0.5) is 0 Å². The highest BCUT2D eigenvalue weighted by Gasteiger charge is 2.35. The van der Waals surface area contributed by atoms with Gasteiger partial charge in [0.1, 0.15) is 0 Å². The highest BCUT2D eigenvalue weighted by atomic mass is 16.5. The van der Waals surface area contributed by atoms with Gasteiger partial charge < -0.3 is 20.1 Å². The summed E-state index contributed by atoms with van der Waals surface area (Å²) in [5.41, 5.74) is 0. The predicted molar refractivity (Wildman–Crippen MR) is 101 cm³/mol. The summed E-state index contributed by atoms with van der Waals surface area (Å²) >= 11 is 0. The molecule has 0 aromatic rings. The Bertz CT molecular complexity index is 422. The Balaban J connectivity index is 1.41. The van der Waals surface area contributed by atoms with Crippen LogP contribution in [0, 0.1) is 17.8 Å². The van der Waals surface area contributed by atoms with Crippen LogP contribution in [0.3, 0.4) is 0 Å². The lowest BCUT2D eigenvalue weighted by molar-refractivity contribution is -0.126. The fraction of sp³-hybridized carbons (Fsp3) is 0.900. The van der Waals surface area contributed by atoms with Crippen molar-refractivity contribution in [3.8, 4) is 0 Å². The highest BCUT2D eigenvalue weighted by Crippen LogP contribution is 2.40. The lowest BCUT2D eigenvalue weighted by Gasteiger charge is -2.16. The summed E-state index contributed by atoms with van der Waals surface area (Å²) < 4.78 is 10.8. The minimum Gasteiger partial charge on any atom is -0.377 e. The smallest absolute Gasteiger partial charge is 0.223 e. The van der Waals surface area contributed by atoms with Gasteiger partial charge in [0.05, 0.1) is 26.4 Å². The number of hydrogen-bond donors (Lipinski definition) is 2. The van der Waals surface area contributed by atoms with Gasteiger partial charge in [-0.1, -0.05) is 32.1 Å². The van der Waals surface area contributed by atoms with Gasteiger partial charge in [-0.3, -0.25) is 9.59 Å². The van der Waals surface area contributed by atoms with Crippen LogP contribution < -0.4 is 10.6 Å². The molecule has 2 aliphatic rings. The van der Waals surface area contributed by atoms with E-state index in [1.54, 1.807) is 0 Å². The van der Waals surface area contributed by atoms with Crippen LogP contribution >= 0.6 is 0 Å². The number of carbonyl (C=O) groups excluding carboxylic acids is 2. The Morgan fingerprint density at radius 1 is 0.923 bits per heavy atom. The molecule has 0 bridgehead atoms. The van der Waals surface area contributed by atoms with Crippen LogP contribution in [0.1, 0.15) is 58.3 Å². The topological polar surface area (TPSA) is 76.7 Å². The molecule has 0 aromatic carbocycles. The zero-order valence-corrected chi connectivity index (χ0v) is 16.3. The molecule has 0 spiro atoms. The van der Waals surface area contributed by atoms with Crippen molar-refractivity contribution in [2.75, 3.05) is 39.5 Å². The number of rotatable bonds is 16. The van der Waals surface area contributed by atoms with Gasteiger partial charge >= 0.3 is 0 Å². The fourth-order valence-electron chi connectivity index (χ4n) is 3.28. The molecule has 0 radical (unpaired) electrons. The molecule has 6 nitrogen and oxygen atoms in total. The third-order valence-corrected chi connectivity index (χ3v) is 5.14. The second-order valence-electron chi connectivity index (χ2n) is 7.67. The number of unbranched alkanes of at least 4 members (excludes halogenated alkanes) is 1. The molecular weight excluding hydrogens is 332 g/mol. The Morgan fingerprint density at radius 3 is 2.15 bits per heavy atom. The quantitative estimate of drug-likeness (QED) is 0.410. The number of nitrogens with one attached hydrogen (secondary N) is 2. The molecule has 0 saturated heterocycles. The first kappa shape index (κ1) is 21.2. The summed E-state index contributed by atoms with van der Waals surface area (Å²) in [6.45, 7) is 4.58. The first-order valence-corrected chi connectivity index (χ1v) is 10.3. The second kappa shape index (κ2) is 12.3. The summed E-state index contributed by atoms with van der Waals surface area (Å²) in [7, 11) is 0. The maximum absolute atomic E-state index is 12.4. The Labute approximate surface area is 157 Å². The summed E-state index contributed by atoms with van der Waals surface area (Å²) in [6.07, 6.45) is 10.2. The maximum atomic E-state index is 12.4. The molecule has 0 aromatic heterocycles. The highest BCUT2D eigenvalue weighted by molar-refractivity contribution is 5.79. The third-order valence-electron chi connectivity index (χ3n) is 5.14. The van der Waals surface area contributed by atoms with Crippen molar-refractivity contribution in [1.82, 2.24) is 10.6 Å². The molecule has 0 heterocycles. The van der Waals surface area contributed by atoms with Gasteiger partial charge in [0.25, 0.3) is 0 Å². The van der Waals surface area contributed by atoms with Crippen LogP contribution in [0.2, 0.25) is 0 Å². The van der Waals surface area contributed by atoms with Crippen molar-refractivity contribution in [3.63, 3.8) is 0 Å². The molecule has 1 unspecified atom stereocenters. The summed E-state index contributed by atoms with van der Waals surface area (Å²) in [4.78, 5) is 23.1. The fourth-order valence-corrected chi connectivity index (χ4v) is 3.28. The van der Waals surface area contributed by atoms with Crippen LogP contribution in [0.5, 0.6) is 0 Å². The molecule has 6 heteroatoms. The largest absolute Gasteiger partial charge is 0.377 e. The van der Waals surface area contributed by atoms with Gasteiger partial charge in [-0.15, -0.1) is 0 Å². The third kappa shape index (κ3) is 10.1. The van der Waals surface area contributed by atoms with Crippen molar-refractivity contribution in [3.05, 3.63) is 0 Å². The van der Waals surface area contributed by atoms with E-state index in [1.165, 1.54) is 51.9 Å². The minimum atomic E-state index is -0.0481. The van der Waals surface area contributed by atoms with Crippen LogP contribution in [0.25, 0.3) is 0 Å². The van der Waals surface area contributed by atoms with E-state index in [0.29, 0.717) is 45.4 Å². The average Bonchev–Trinajstić information content (AvgIpc) is 3.50.